The summed E-state index contributed by atoms with van der Waals surface area (Å²) in [5, 5.41) is 6.41. The lowest BCUT2D eigenvalue weighted by molar-refractivity contribution is -0.121. The van der Waals surface area contributed by atoms with Crippen LogP contribution in [0.15, 0.2) is 48.5 Å². The molecule has 0 aliphatic carbocycles. The highest BCUT2D eigenvalue weighted by Crippen LogP contribution is 2.21. The summed E-state index contributed by atoms with van der Waals surface area (Å²) >= 11 is 5.89. The summed E-state index contributed by atoms with van der Waals surface area (Å²) in [6.07, 6.45) is 0.872. The van der Waals surface area contributed by atoms with E-state index in [9.17, 15) is 9.59 Å². The molecule has 3 aromatic rings. The molecule has 0 aliphatic heterocycles. The van der Waals surface area contributed by atoms with Crippen molar-refractivity contribution < 1.29 is 9.59 Å². The molecule has 6 nitrogen and oxygen atoms in total. The maximum absolute atomic E-state index is 12.6. The number of amides is 2. The number of nitrogens with one attached hydrogen (secondary N) is 2. The van der Waals surface area contributed by atoms with Crippen molar-refractivity contribution in [2.24, 2.45) is 0 Å². The van der Waals surface area contributed by atoms with Crippen LogP contribution in [0.1, 0.15) is 42.5 Å². The Morgan fingerprint density at radius 1 is 1.14 bits per heavy atom. The minimum absolute atomic E-state index is 0.0810. The number of fused-ring (bicyclic) bond motifs is 1. The van der Waals surface area contributed by atoms with Gasteiger partial charge in [-0.15, -0.1) is 0 Å². The molecule has 3 rings (SSSR count). The van der Waals surface area contributed by atoms with Gasteiger partial charge in [-0.3, -0.25) is 9.59 Å². The van der Waals surface area contributed by atoms with Gasteiger partial charge in [0.05, 0.1) is 17.1 Å². The minimum atomic E-state index is -0.380. The molecule has 2 amide bonds. The first-order valence-electron chi connectivity index (χ1n) is 9.28. The average molecular weight is 399 g/mol. The maximum Gasteiger partial charge on any atom is 0.251 e. The van der Waals surface area contributed by atoms with Crippen molar-refractivity contribution in [3.63, 3.8) is 0 Å². The van der Waals surface area contributed by atoms with E-state index in [1.807, 2.05) is 42.7 Å². The predicted molar refractivity (Wildman–Crippen MR) is 110 cm³/mol. The van der Waals surface area contributed by atoms with E-state index >= 15 is 0 Å². The molecule has 2 N–H and O–H groups in total. The molecule has 1 aromatic heterocycles. The van der Waals surface area contributed by atoms with E-state index in [0.717, 1.165) is 17.5 Å². The topological polar surface area (TPSA) is 76.0 Å². The quantitative estimate of drug-likeness (QED) is 0.637. The standard InChI is InChI=1S/C21H23ClN4O2/c1-3-12-23-19(27)13-26-18-7-5-4-6-17(18)25-20(26)14(2)24-21(28)15-8-10-16(22)11-9-15/h4-11,14H,3,12-13H2,1-2H3,(H,23,27)(H,24,28). The number of hydrogen-bond donors (Lipinski definition) is 2. The van der Waals surface area contributed by atoms with Crippen LogP contribution in [0, 0.1) is 0 Å². The van der Waals surface area contributed by atoms with Crippen LogP contribution in [0.2, 0.25) is 5.02 Å². The molecule has 2 aromatic carbocycles. The van der Waals surface area contributed by atoms with Crippen molar-refractivity contribution in [2.45, 2.75) is 32.9 Å². The van der Waals surface area contributed by atoms with E-state index < -0.39 is 0 Å². The lowest BCUT2D eigenvalue weighted by Crippen LogP contribution is -2.32. The number of carbonyl (C=O) groups excluding carboxylic acids is 2. The predicted octanol–water partition coefficient (Wildman–Crippen LogP) is 3.71. The Bertz CT molecular complexity index is 982. The number of benzene rings is 2. The van der Waals surface area contributed by atoms with E-state index in [2.05, 4.69) is 15.6 Å². The van der Waals surface area contributed by atoms with E-state index in [1.165, 1.54) is 0 Å². The van der Waals surface area contributed by atoms with Gasteiger partial charge in [0.2, 0.25) is 5.91 Å². The highest BCUT2D eigenvalue weighted by atomic mass is 35.5. The van der Waals surface area contributed by atoms with Crippen LogP contribution < -0.4 is 10.6 Å². The Labute approximate surface area is 168 Å². The Kier molecular flexibility index (Phi) is 6.31. The molecule has 0 spiro atoms. The monoisotopic (exact) mass is 398 g/mol. The van der Waals surface area contributed by atoms with Gasteiger partial charge in [0.1, 0.15) is 12.4 Å². The number of hydrogen-bond acceptors (Lipinski definition) is 3. The SMILES string of the molecule is CCCNC(=O)Cn1c(C(C)NC(=O)c2ccc(Cl)cc2)nc2ccccc21. The van der Waals surface area contributed by atoms with Gasteiger partial charge >= 0.3 is 0 Å². The van der Waals surface area contributed by atoms with Gasteiger partial charge in [-0.05, 0) is 49.7 Å². The van der Waals surface area contributed by atoms with Crippen LogP contribution in [0.4, 0.5) is 0 Å². The summed E-state index contributed by atoms with van der Waals surface area (Å²) in [4.78, 5) is 29.5. The van der Waals surface area contributed by atoms with Crippen molar-refractivity contribution >= 4 is 34.4 Å². The summed E-state index contributed by atoms with van der Waals surface area (Å²) in [7, 11) is 0. The Hall–Kier alpha value is -2.86. The second-order valence-corrected chi connectivity index (χ2v) is 7.03. The number of halogens is 1. The van der Waals surface area contributed by atoms with Crippen LogP contribution in [0.5, 0.6) is 0 Å². The minimum Gasteiger partial charge on any atom is -0.355 e. The number of aromatic nitrogens is 2. The zero-order valence-corrected chi connectivity index (χ0v) is 16.7. The van der Waals surface area contributed by atoms with Crippen molar-refractivity contribution in [2.75, 3.05) is 6.54 Å². The van der Waals surface area contributed by atoms with Gasteiger partial charge in [0, 0.05) is 17.1 Å². The first kappa shape index (κ1) is 19.9. The van der Waals surface area contributed by atoms with Gasteiger partial charge in [-0.25, -0.2) is 4.98 Å². The van der Waals surface area contributed by atoms with E-state index in [0.29, 0.717) is 23.0 Å². The summed E-state index contributed by atoms with van der Waals surface area (Å²) < 4.78 is 1.85. The van der Waals surface area contributed by atoms with Crippen molar-refractivity contribution in [1.29, 1.82) is 0 Å². The average Bonchev–Trinajstić information content (AvgIpc) is 3.05. The van der Waals surface area contributed by atoms with Crippen LogP contribution in [0.25, 0.3) is 11.0 Å². The summed E-state index contributed by atoms with van der Waals surface area (Å²) in [6.45, 7) is 4.64. The number of rotatable bonds is 7. The second kappa shape index (κ2) is 8.89. The smallest absolute Gasteiger partial charge is 0.251 e. The molecule has 146 valence electrons. The number of para-hydroxylation sites is 2. The van der Waals surface area contributed by atoms with Crippen molar-refractivity contribution in [3.05, 3.63) is 64.9 Å². The fraction of sp³-hybridized carbons (Fsp3) is 0.286. The molecule has 7 heteroatoms. The Morgan fingerprint density at radius 2 is 1.86 bits per heavy atom. The first-order chi connectivity index (χ1) is 13.5. The Balaban J connectivity index is 1.86. The van der Waals surface area contributed by atoms with Gasteiger partial charge < -0.3 is 15.2 Å². The van der Waals surface area contributed by atoms with Crippen molar-refractivity contribution in [1.82, 2.24) is 20.2 Å². The fourth-order valence-electron chi connectivity index (χ4n) is 3.00. The maximum atomic E-state index is 12.6. The van der Waals surface area contributed by atoms with Gasteiger partial charge in [0.25, 0.3) is 5.91 Å². The van der Waals surface area contributed by atoms with Crippen LogP contribution in [-0.4, -0.2) is 27.9 Å². The normalized spacial score (nSPS) is 12.0. The van der Waals surface area contributed by atoms with E-state index in [4.69, 9.17) is 11.6 Å². The number of nitrogens with zero attached hydrogens (tertiary/aromatic N) is 2. The van der Waals surface area contributed by atoms with Gasteiger partial charge in [0.15, 0.2) is 0 Å². The van der Waals surface area contributed by atoms with Crippen molar-refractivity contribution in [3.8, 4) is 0 Å². The van der Waals surface area contributed by atoms with Gasteiger partial charge in [-0.2, -0.15) is 0 Å². The third-order valence-corrected chi connectivity index (χ3v) is 4.65. The summed E-state index contributed by atoms with van der Waals surface area (Å²) in [5.41, 5.74) is 2.16. The third-order valence-electron chi connectivity index (χ3n) is 4.40. The van der Waals surface area contributed by atoms with Crippen LogP contribution >= 0.6 is 11.6 Å². The number of imidazole rings is 1. The summed E-state index contributed by atoms with van der Waals surface area (Å²) in [5.74, 6) is 0.329. The summed E-state index contributed by atoms with van der Waals surface area (Å²) in [6, 6.07) is 13.9. The first-order valence-corrected chi connectivity index (χ1v) is 9.65. The molecule has 1 atom stereocenters. The molecular weight excluding hydrogens is 376 g/mol. The molecule has 28 heavy (non-hydrogen) atoms. The number of carbonyl (C=O) groups is 2. The van der Waals surface area contributed by atoms with E-state index in [-0.39, 0.29) is 24.4 Å². The molecule has 0 saturated heterocycles. The highest BCUT2D eigenvalue weighted by molar-refractivity contribution is 6.30. The highest BCUT2D eigenvalue weighted by Gasteiger charge is 2.20. The van der Waals surface area contributed by atoms with E-state index in [1.54, 1.807) is 24.3 Å². The molecule has 0 aliphatic rings. The fourth-order valence-corrected chi connectivity index (χ4v) is 3.13. The lowest BCUT2D eigenvalue weighted by Gasteiger charge is -2.16. The lowest BCUT2D eigenvalue weighted by atomic mass is 10.2. The van der Waals surface area contributed by atoms with Gasteiger partial charge in [-0.1, -0.05) is 30.7 Å². The molecular formula is C21H23ClN4O2. The van der Waals surface area contributed by atoms with Crippen LogP contribution in [0.3, 0.4) is 0 Å². The zero-order valence-electron chi connectivity index (χ0n) is 15.9. The molecule has 0 saturated carbocycles. The van der Waals surface area contributed by atoms with Crippen LogP contribution in [-0.2, 0) is 11.3 Å². The molecule has 0 bridgehead atoms. The third kappa shape index (κ3) is 4.51. The second-order valence-electron chi connectivity index (χ2n) is 6.60. The molecule has 1 heterocycles. The molecule has 0 fully saturated rings. The zero-order chi connectivity index (χ0) is 20.1. The molecule has 0 radical (unpaired) electrons. The Morgan fingerprint density at radius 3 is 2.57 bits per heavy atom. The largest absolute Gasteiger partial charge is 0.355 e. The molecule has 1 unspecified atom stereocenters.